The monoisotopic (exact) mass is 439 g/mol. The van der Waals surface area contributed by atoms with Gasteiger partial charge in [0.05, 0.1) is 23.3 Å². The summed E-state index contributed by atoms with van der Waals surface area (Å²) in [6.45, 7) is 6.35. The van der Waals surface area contributed by atoms with E-state index in [1.54, 1.807) is 17.2 Å². The van der Waals surface area contributed by atoms with Crippen LogP contribution in [0.2, 0.25) is 0 Å². The first kappa shape index (κ1) is 20.8. The summed E-state index contributed by atoms with van der Waals surface area (Å²) in [6, 6.07) is 16.1. The molecule has 0 saturated heterocycles. The number of pyridine rings is 1. The number of hydrogen-bond donors (Lipinski definition) is 2. The predicted octanol–water partition coefficient (Wildman–Crippen LogP) is 4.18. The third-order valence-corrected chi connectivity index (χ3v) is 5.64. The average molecular weight is 440 g/mol. The molecule has 0 fully saturated rings. The van der Waals surface area contributed by atoms with Gasteiger partial charge in [0.2, 0.25) is 0 Å². The van der Waals surface area contributed by atoms with Crippen LogP contribution in [0.4, 0.5) is 5.82 Å². The number of imidazole rings is 1. The molecule has 5 aromatic rings. The van der Waals surface area contributed by atoms with Gasteiger partial charge in [0, 0.05) is 28.4 Å². The van der Waals surface area contributed by atoms with E-state index in [0.29, 0.717) is 11.4 Å². The van der Waals surface area contributed by atoms with Gasteiger partial charge in [-0.2, -0.15) is 5.10 Å². The lowest BCUT2D eigenvalue weighted by Gasteiger charge is -2.25. The second-order valence-electron chi connectivity index (χ2n) is 8.93. The number of anilines is 1. The highest BCUT2D eigenvalue weighted by molar-refractivity contribution is 5.87. The average Bonchev–Trinajstić information content (AvgIpc) is 3.46. The second kappa shape index (κ2) is 7.83. The summed E-state index contributed by atoms with van der Waals surface area (Å²) < 4.78 is 4.01. The van der Waals surface area contributed by atoms with Gasteiger partial charge < -0.3 is 15.4 Å². The van der Waals surface area contributed by atoms with Crippen LogP contribution in [-0.4, -0.2) is 34.4 Å². The summed E-state index contributed by atoms with van der Waals surface area (Å²) in [5.41, 5.74) is 11.9. The minimum absolute atomic E-state index is 0.156. The summed E-state index contributed by atoms with van der Waals surface area (Å²) in [7, 11) is 0. The van der Waals surface area contributed by atoms with Crippen molar-refractivity contribution in [3.63, 3.8) is 0 Å². The normalized spacial score (nSPS) is 11.9. The molecule has 0 bridgehead atoms. The standard InChI is InChI=1S/C25H25N7O/c1-25(2,3)32-22-9-8-16(17-10-18(13-33)23(26)28-12-17)11-20(22)30-24(32)19-6-4-5-7-21(19)31-15-27-14-29-31/h4-12,14-15,33H,13H2,1-3H3,(H2,26,28). The molecule has 5 rings (SSSR count). The summed E-state index contributed by atoms with van der Waals surface area (Å²) in [6.07, 6.45) is 4.93. The van der Waals surface area contributed by atoms with Crippen molar-refractivity contribution in [1.82, 2.24) is 29.3 Å². The smallest absolute Gasteiger partial charge is 0.143 e. The Morgan fingerprint density at radius 2 is 1.85 bits per heavy atom. The molecule has 0 radical (unpaired) electrons. The number of fused-ring (bicyclic) bond motifs is 1. The van der Waals surface area contributed by atoms with Gasteiger partial charge in [-0.1, -0.05) is 18.2 Å². The maximum atomic E-state index is 9.57. The van der Waals surface area contributed by atoms with Gasteiger partial charge in [0.15, 0.2) is 0 Å². The molecule has 166 valence electrons. The number of hydrogen-bond acceptors (Lipinski definition) is 6. The quantitative estimate of drug-likeness (QED) is 0.435. The van der Waals surface area contributed by atoms with Crippen molar-refractivity contribution in [3.05, 3.63) is 72.9 Å². The SMILES string of the molecule is CC(C)(C)n1c(-c2ccccc2-n2cncn2)nc2cc(-c3cnc(N)c(CO)c3)ccc21. The largest absolute Gasteiger partial charge is 0.392 e. The predicted molar refractivity (Wildman–Crippen MR) is 129 cm³/mol. The molecule has 0 atom stereocenters. The molecule has 0 saturated carbocycles. The van der Waals surface area contributed by atoms with E-state index in [1.807, 2.05) is 36.4 Å². The summed E-state index contributed by atoms with van der Waals surface area (Å²) in [4.78, 5) is 13.4. The van der Waals surface area contributed by atoms with Crippen molar-refractivity contribution in [2.75, 3.05) is 5.73 Å². The summed E-state index contributed by atoms with van der Waals surface area (Å²) >= 11 is 0. The number of rotatable bonds is 4. The number of aliphatic hydroxyl groups excluding tert-OH is 1. The first-order valence-electron chi connectivity index (χ1n) is 10.7. The van der Waals surface area contributed by atoms with Gasteiger partial charge in [-0.25, -0.2) is 19.6 Å². The van der Waals surface area contributed by atoms with Crippen molar-refractivity contribution in [2.45, 2.75) is 32.9 Å². The second-order valence-corrected chi connectivity index (χ2v) is 8.93. The van der Waals surface area contributed by atoms with E-state index < -0.39 is 0 Å². The fourth-order valence-electron chi connectivity index (χ4n) is 4.12. The molecule has 0 amide bonds. The van der Waals surface area contributed by atoms with Crippen LogP contribution < -0.4 is 5.73 Å². The molecule has 0 aliphatic rings. The van der Waals surface area contributed by atoms with Crippen molar-refractivity contribution in [2.24, 2.45) is 0 Å². The van der Waals surface area contributed by atoms with Crippen molar-refractivity contribution < 1.29 is 5.11 Å². The minimum atomic E-state index is -0.214. The van der Waals surface area contributed by atoms with Crippen LogP contribution in [0, 0.1) is 0 Å². The number of benzene rings is 2. The van der Waals surface area contributed by atoms with E-state index in [0.717, 1.165) is 39.2 Å². The van der Waals surface area contributed by atoms with Gasteiger partial charge in [-0.05, 0) is 56.7 Å². The van der Waals surface area contributed by atoms with E-state index in [9.17, 15) is 5.11 Å². The van der Waals surface area contributed by atoms with E-state index in [2.05, 4.69) is 52.5 Å². The number of nitrogens with zero attached hydrogens (tertiary/aromatic N) is 6. The zero-order valence-corrected chi connectivity index (χ0v) is 18.8. The van der Waals surface area contributed by atoms with E-state index in [-0.39, 0.29) is 12.1 Å². The van der Waals surface area contributed by atoms with Crippen molar-refractivity contribution >= 4 is 16.9 Å². The number of para-hydroxylation sites is 1. The maximum Gasteiger partial charge on any atom is 0.143 e. The minimum Gasteiger partial charge on any atom is -0.392 e. The molecule has 3 aromatic heterocycles. The molecule has 0 spiro atoms. The third kappa shape index (κ3) is 3.64. The van der Waals surface area contributed by atoms with Crippen molar-refractivity contribution in [3.8, 4) is 28.2 Å². The van der Waals surface area contributed by atoms with Crippen LogP contribution in [0.5, 0.6) is 0 Å². The lowest BCUT2D eigenvalue weighted by atomic mass is 10.0. The molecule has 8 heteroatoms. The Bertz CT molecular complexity index is 1450. The van der Waals surface area contributed by atoms with E-state index in [1.165, 1.54) is 6.33 Å². The highest BCUT2D eigenvalue weighted by atomic mass is 16.3. The van der Waals surface area contributed by atoms with Crippen LogP contribution in [-0.2, 0) is 12.1 Å². The molecule has 33 heavy (non-hydrogen) atoms. The third-order valence-electron chi connectivity index (χ3n) is 5.64. The van der Waals surface area contributed by atoms with Gasteiger partial charge in [0.1, 0.15) is 24.3 Å². The Morgan fingerprint density at radius 1 is 1.03 bits per heavy atom. The topological polar surface area (TPSA) is 108 Å². The van der Waals surface area contributed by atoms with Gasteiger partial charge >= 0.3 is 0 Å². The van der Waals surface area contributed by atoms with Crippen molar-refractivity contribution in [1.29, 1.82) is 0 Å². The maximum absolute atomic E-state index is 9.57. The number of nitrogen functional groups attached to an aromatic ring is 1. The Balaban J connectivity index is 1.73. The molecule has 0 aliphatic heterocycles. The molecule has 3 heterocycles. The Kier molecular flexibility index (Phi) is 4.94. The highest BCUT2D eigenvalue weighted by Crippen LogP contribution is 2.35. The zero-order chi connectivity index (χ0) is 23.2. The Labute approximate surface area is 191 Å². The fraction of sp³-hybridized carbons (Fsp3) is 0.200. The first-order valence-corrected chi connectivity index (χ1v) is 10.7. The van der Waals surface area contributed by atoms with Crippen LogP contribution >= 0.6 is 0 Å². The van der Waals surface area contributed by atoms with Crippen LogP contribution in [0.1, 0.15) is 26.3 Å². The van der Waals surface area contributed by atoms with Crippen LogP contribution in [0.3, 0.4) is 0 Å². The molecule has 0 aliphatic carbocycles. The Hall–Kier alpha value is -4.04. The van der Waals surface area contributed by atoms with Crippen LogP contribution in [0.25, 0.3) is 39.2 Å². The van der Waals surface area contributed by atoms with Crippen LogP contribution in [0.15, 0.2) is 67.4 Å². The summed E-state index contributed by atoms with van der Waals surface area (Å²) in [5.74, 6) is 1.19. The molecular formula is C25H25N7O. The molecule has 0 unspecified atom stereocenters. The first-order chi connectivity index (χ1) is 15.9. The molecular weight excluding hydrogens is 414 g/mol. The number of aromatic nitrogens is 6. The van der Waals surface area contributed by atoms with Gasteiger partial charge in [-0.15, -0.1) is 0 Å². The summed E-state index contributed by atoms with van der Waals surface area (Å²) in [5, 5.41) is 13.9. The number of nitrogens with two attached hydrogens (primary N) is 1. The molecule has 8 nitrogen and oxygen atoms in total. The number of aliphatic hydroxyl groups is 1. The molecule has 2 aromatic carbocycles. The fourth-order valence-corrected chi connectivity index (χ4v) is 4.12. The zero-order valence-electron chi connectivity index (χ0n) is 18.8. The van der Waals surface area contributed by atoms with Gasteiger partial charge in [0.25, 0.3) is 0 Å². The van der Waals surface area contributed by atoms with E-state index >= 15 is 0 Å². The van der Waals surface area contributed by atoms with E-state index in [4.69, 9.17) is 10.7 Å². The molecule has 3 N–H and O–H groups in total. The van der Waals surface area contributed by atoms with Gasteiger partial charge in [-0.3, -0.25) is 0 Å². The lowest BCUT2D eigenvalue weighted by molar-refractivity contribution is 0.282. The Morgan fingerprint density at radius 3 is 2.58 bits per heavy atom. The lowest BCUT2D eigenvalue weighted by Crippen LogP contribution is -2.23. The highest BCUT2D eigenvalue weighted by Gasteiger charge is 2.24.